The summed E-state index contributed by atoms with van der Waals surface area (Å²) in [5.41, 5.74) is 0. The zero-order valence-electron chi connectivity index (χ0n) is 12.1. The van der Waals surface area contributed by atoms with Crippen molar-refractivity contribution in [1.29, 1.82) is 0 Å². The largest absolute Gasteiger partial charge is 0.396 e. The summed E-state index contributed by atoms with van der Waals surface area (Å²) in [4.78, 5) is 0. The van der Waals surface area contributed by atoms with Gasteiger partial charge in [-0.25, -0.2) is 0 Å². The highest BCUT2D eigenvalue weighted by atomic mass is 16.3. The van der Waals surface area contributed by atoms with E-state index in [1.165, 1.54) is 0 Å². The number of hydrogen-bond acceptors (Lipinski definition) is 9. The molecule has 2 atom stereocenters. The third-order valence-electron chi connectivity index (χ3n) is 2.00. The van der Waals surface area contributed by atoms with Crippen molar-refractivity contribution in [3.05, 3.63) is 0 Å². The topological polar surface area (TPSA) is 182 Å². The van der Waals surface area contributed by atoms with Crippen LogP contribution >= 0.6 is 0 Å². The van der Waals surface area contributed by atoms with Crippen LogP contribution in [0.1, 0.15) is 19.3 Å². The van der Waals surface area contributed by atoms with Gasteiger partial charge in [-0.1, -0.05) is 0 Å². The Morgan fingerprint density at radius 1 is 0.476 bits per heavy atom. The molecule has 132 valence electrons. The molecule has 0 aromatic heterocycles. The molecule has 0 spiro atoms. The SMILES string of the molecule is OCC(O)CO.OCCC(O)CO.OCCCC(O)CO. The molecule has 0 bridgehead atoms. The Kier molecular flexibility index (Phi) is 26.7. The molecule has 0 aliphatic heterocycles. The Hall–Kier alpha value is -0.360. The highest BCUT2D eigenvalue weighted by Gasteiger charge is 1.98. The van der Waals surface area contributed by atoms with E-state index in [0.717, 1.165) is 0 Å². The van der Waals surface area contributed by atoms with Gasteiger partial charge >= 0.3 is 0 Å². The summed E-state index contributed by atoms with van der Waals surface area (Å²) in [6.45, 7) is -1.19. The summed E-state index contributed by atoms with van der Waals surface area (Å²) in [6.07, 6.45) is -1.05. The van der Waals surface area contributed by atoms with Crippen LogP contribution in [0.2, 0.25) is 0 Å². The van der Waals surface area contributed by atoms with Gasteiger partial charge in [0.05, 0.1) is 38.6 Å². The molecule has 0 aliphatic rings. The van der Waals surface area contributed by atoms with Gasteiger partial charge in [-0.05, 0) is 19.3 Å². The molecule has 0 aromatic carbocycles. The minimum Gasteiger partial charge on any atom is -0.396 e. The molecule has 9 N–H and O–H groups in total. The van der Waals surface area contributed by atoms with Crippen molar-refractivity contribution < 1.29 is 46.0 Å². The van der Waals surface area contributed by atoms with E-state index in [0.29, 0.717) is 12.8 Å². The molecule has 0 radical (unpaired) electrons. The Morgan fingerprint density at radius 3 is 1.05 bits per heavy atom. The number of aliphatic hydroxyl groups excluding tert-OH is 9. The quantitative estimate of drug-likeness (QED) is 0.205. The van der Waals surface area contributed by atoms with Crippen LogP contribution in [0.3, 0.4) is 0 Å². The van der Waals surface area contributed by atoms with Crippen molar-refractivity contribution in [3.63, 3.8) is 0 Å². The number of aliphatic hydroxyl groups is 9. The standard InChI is InChI=1S/C5H12O3.C4H10O3.C3H8O3/c6-3-1-2-5(8)4-7;5-2-1-4(7)3-6;4-1-3(6)2-5/h5-8H,1-4H2;4-7H,1-3H2;3-6H,1-2H2. The van der Waals surface area contributed by atoms with Crippen LogP contribution in [0.4, 0.5) is 0 Å². The Bertz CT molecular complexity index is 167. The average Bonchev–Trinajstić information content (AvgIpc) is 2.52. The zero-order chi connectivity index (χ0) is 17.1. The third-order valence-corrected chi connectivity index (χ3v) is 2.00. The molecule has 0 fully saturated rings. The molecule has 0 amide bonds. The van der Waals surface area contributed by atoms with Crippen LogP contribution in [0.5, 0.6) is 0 Å². The van der Waals surface area contributed by atoms with E-state index in [9.17, 15) is 0 Å². The van der Waals surface area contributed by atoms with Gasteiger partial charge in [0.15, 0.2) is 0 Å². The zero-order valence-corrected chi connectivity index (χ0v) is 12.1. The minimum absolute atomic E-state index is 0.0677. The van der Waals surface area contributed by atoms with Crippen LogP contribution in [-0.4, -0.2) is 104 Å². The fourth-order valence-electron chi connectivity index (χ4n) is 0.716. The minimum atomic E-state index is -0.954. The molecular weight excluding hydrogens is 288 g/mol. The maximum atomic E-state index is 8.63. The van der Waals surface area contributed by atoms with Crippen molar-refractivity contribution >= 4 is 0 Å². The second-order valence-corrected chi connectivity index (χ2v) is 4.07. The molecule has 0 saturated carbocycles. The predicted molar refractivity (Wildman–Crippen MR) is 74.4 cm³/mol. The summed E-state index contributed by atoms with van der Waals surface area (Å²) in [5.74, 6) is 0. The van der Waals surface area contributed by atoms with E-state index in [1.807, 2.05) is 0 Å². The Morgan fingerprint density at radius 2 is 0.857 bits per heavy atom. The van der Waals surface area contributed by atoms with Crippen molar-refractivity contribution in [3.8, 4) is 0 Å². The summed E-state index contributed by atoms with van der Waals surface area (Å²) in [6, 6.07) is 0. The van der Waals surface area contributed by atoms with Gasteiger partial charge in [0.1, 0.15) is 6.10 Å². The van der Waals surface area contributed by atoms with Crippen molar-refractivity contribution in [2.75, 3.05) is 39.6 Å². The van der Waals surface area contributed by atoms with E-state index in [-0.39, 0.29) is 46.1 Å². The molecule has 2 unspecified atom stereocenters. The fraction of sp³-hybridized carbons (Fsp3) is 1.00. The van der Waals surface area contributed by atoms with Crippen molar-refractivity contribution in [2.45, 2.75) is 37.6 Å². The van der Waals surface area contributed by atoms with E-state index in [1.54, 1.807) is 0 Å². The maximum Gasteiger partial charge on any atom is 0.100 e. The molecule has 9 heteroatoms. The highest BCUT2D eigenvalue weighted by molar-refractivity contribution is 4.50. The first kappa shape index (κ1) is 25.6. The van der Waals surface area contributed by atoms with Crippen LogP contribution < -0.4 is 0 Å². The number of hydrogen-bond donors (Lipinski definition) is 9. The van der Waals surface area contributed by atoms with Gasteiger partial charge in [-0.3, -0.25) is 0 Å². The Labute approximate surface area is 124 Å². The average molecular weight is 318 g/mol. The molecule has 0 aliphatic carbocycles. The first-order chi connectivity index (χ1) is 9.92. The normalized spacial score (nSPS) is 12.9. The van der Waals surface area contributed by atoms with E-state index in [2.05, 4.69) is 0 Å². The van der Waals surface area contributed by atoms with Crippen LogP contribution in [0.15, 0.2) is 0 Å². The smallest absolute Gasteiger partial charge is 0.100 e. The van der Waals surface area contributed by atoms with Crippen LogP contribution in [0.25, 0.3) is 0 Å². The first-order valence-corrected chi connectivity index (χ1v) is 6.62. The second kappa shape index (κ2) is 21.9. The lowest BCUT2D eigenvalue weighted by molar-refractivity contribution is 0.0450. The van der Waals surface area contributed by atoms with Gasteiger partial charge in [0, 0.05) is 13.2 Å². The van der Waals surface area contributed by atoms with Crippen LogP contribution in [0, 0.1) is 0 Å². The van der Waals surface area contributed by atoms with Gasteiger partial charge in [0.2, 0.25) is 0 Å². The van der Waals surface area contributed by atoms with E-state index >= 15 is 0 Å². The predicted octanol–water partition coefficient (Wildman–Crippen LogP) is -3.83. The van der Waals surface area contributed by atoms with Crippen molar-refractivity contribution in [2.24, 2.45) is 0 Å². The Balaban J connectivity index is -0.000000234. The molecule has 0 saturated heterocycles. The molecule has 9 nitrogen and oxygen atoms in total. The lowest BCUT2D eigenvalue weighted by Gasteiger charge is -2.02. The fourth-order valence-corrected chi connectivity index (χ4v) is 0.716. The molecule has 21 heavy (non-hydrogen) atoms. The molecule has 0 heterocycles. The number of rotatable bonds is 9. The van der Waals surface area contributed by atoms with E-state index in [4.69, 9.17) is 46.0 Å². The summed E-state index contributed by atoms with van der Waals surface area (Å²) in [7, 11) is 0. The van der Waals surface area contributed by atoms with Gasteiger partial charge < -0.3 is 46.0 Å². The van der Waals surface area contributed by atoms with Gasteiger partial charge in [-0.15, -0.1) is 0 Å². The van der Waals surface area contributed by atoms with Gasteiger partial charge in [0.25, 0.3) is 0 Å². The summed E-state index contributed by atoms with van der Waals surface area (Å²) in [5, 5.41) is 73.7. The lowest BCUT2D eigenvalue weighted by Crippen LogP contribution is -2.15. The summed E-state index contributed by atoms with van der Waals surface area (Å²) < 4.78 is 0. The van der Waals surface area contributed by atoms with Crippen molar-refractivity contribution in [1.82, 2.24) is 0 Å². The first-order valence-electron chi connectivity index (χ1n) is 6.62. The molecular formula is C12H30O9. The maximum absolute atomic E-state index is 8.63. The summed E-state index contributed by atoms with van der Waals surface area (Å²) >= 11 is 0. The van der Waals surface area contributed by atoms with Crippen LogP contribution in [-0.2, 0) is 0 Å². The lowest BCUT2D eigenvalue weighted by atomic mass is 10.2. The third kappa shape index (κ3) is 28.5. The second-order valence-electron chi connectivity index (χ2n) is 4.07. The molecule has 0 rings (SSSR count). The van der Waals surface area contributed by atoms with Gasteiger partial charge in [-0.2, -0.15) is 0 Å². The highest BCUT2D eigenvalue weighted by Crippen LogP contribution is 1.93. The van der Waals surface area contributed by atoms with E-state index < -0.39 is 18.3 Å². The monoisotopic (exact) mass is 318 g/mol. The molecule has 0 aromatic rings.